The van der Waals surface area contributed by atoms with Crippen molar-refractivity contribution in [3.05, 3.63) is 25.3 Å². The maximum absolute atomic E-state index is 14.5. The number of likely N-dealkylation sites (tertiary alicyclic amines) is 1. The molecule has 1 spiro atoms. The van der Waals surface area contributed by atoms with Crippen LogP contribution in [0.15, 0.2) is 25.3 Å². The number of thioether (sulfide) groups is 1. The van der Waals surface area contributed by atoms with Crippen molar-refractivity contribution in [2.24, 2.45) is 17.8 Å². The summed E-state index contributed by atoms with van der Waals surface area (Å²) in [5, 5.41) is 10.3. The summed E-state index contributed by atoms with van der Waals surface area (Å²) in [6, 6.07) is -1.28. The number of unbranched alkanes of at least 4 members (excludes halogenated alkanes) is 1. The summed E-state index contributed by atoms with van der Waals surface area (Å²) < 4.78 is 4.91. The third-order valence-electron chi connectivity index (χ3n) is 8.23. The second-order valence-corrected chi connectivity index (χ2v) is 14.1. The number of hydrogen-bond acceptors (Lipinski definition) is 6. The summed E-state index contributed by atoms with van der Waals surface area (Å²) in [7, 11) is 0. The van der Waals surface area contributed by atoms with Crippen molar-refractivity contribution >= 4 is 45.5 Å². The van der Waals surface area contributed by atoms with Gasteiger partial charge in [0.15, 0.2) is 0 Å². The van der Waals surface area contributed by atoms with E-state index in [0.29, 0.717) is 25.8 Å². The van der Waals surface area contributed by atoms with Crippen LogP contribution in [0.25, 0.3) is 0 Å². The molecule has 0 radical (unpaired) electrons. The van der Waals surface area contributed by atoms with Crippen LogP contribution in [0.1, 0.15) is 66.2 Å². The lowest BCUT2D eigenvalue weighted by Gasteiger charge is -2.41. The number of fused-ring (bicyclic) bond motifs is 1. The maximum atomic E-state index is 14.5. The molecule has 1 N–H and O–H groups in total. The number of rotatable bonds is 15. The third kappa shape index (κ3) is 5.75. The van der Waals surface area contributed by atoms with E-state index in [4.69, 9.17) is 4.74 Å². The van der Waals surface area contributed by atoms with Crippen molar-refractivity contribution in [1.82, 2.24) is 9.80 Å². The summed E-state index contributed by atoms with van der Waals surface area (Å²) in [5.41, 5.74) is 0. The van der Waals surface area contributed by atoms with Gasteiger partial charge in [-0.25, -0.2) is 0 Å². The first-order valence-corrected chi connectivity index (χ1v) is 15.8. The Morgan fingerprint density at radius 3 is 2.61 bits per heavy atom. The van der Waals surface area contributed by atoms with E-state index in [-0.39, 0.29) is 53.0 Å². The van der Waals surface area contributed by atoms with Crippen LogP contribution in [-0.4, -0.2) is 85.4 Å². The summed E-state index contributed by atoms with van der Waals surface area (Å²) in [6.07, 6.45) is 7.89. The monoisotopic (exact) mass is 612 g/mol. The number of alkyl halides is 1. The van der Waals surface area contributed by atoms with E-state index in [2.05, 4.69) is 36.0 Å². The molecule has 2 bridgehead atoms. The Morgan fingerprint density at radius 2 is 2.03 bits per heavy atom. The zero-order chi connectivity index (χ0) is 28.2. The Bertz CT molecular complexity index is 900. The lowest BCUT2D eigenvalue weighted by molar-refractivity contribution is -0.154. The van der Waals surface area contributed by atoms with E-state index in [1.165, 1.54) is 0 Å². The first-order chi connectivity index (χ1) is 18.1. The van der Waals surface area contributed by atoms with Crippen LogP contribution in [0.4, 0.5) is 0 Å². The van der Waals surface area contributed by atoms with Gasteiger partial charge in [-0.2, -0.15) is 0 Å². The zero-order valence-electron chi connectivity index (χ0n) is 23.3. The van der Waals surface area contributed by atoms with Crippen LogP contribution in [0.2, 0.25) is 0 Å². The van der Waals surface area contributed by atoms with Gasteiger partial charge in [-0.15, -0.1) is 24.9 Å². The van der Waals surface area contributed by atoms with E-state index in [1.54, 1.807) is 28.8 Å². The zero-order valence-corrected chi connectivity index (χ0v) is 25.7. The Morgan fingerprint density at radius 1 is 1.32 bits per heavy atom. The molecule has 0 aliphatic carbocycles. The average molecular weight is 614 g/mol. The van der Waals surface area contributed by atoms with Crippen LogP contribution >= 0.6 is 27.7 Å². The van der Waals surface area contributed by atoms with Crippen molar-refractivity contribution in [1.29, 1.82) is 0 Å². The predicted octanol–water partition coefficient (Wildman–Crippen LogP) is 4.57. The highest BCUT2D eigenvalue weighted by molar-refractivity contribution is 9.09. The molecule has 3 rings (SSSR count). The molecule has 8 atom stereocenters. The van der Waals surface area contributed by atoms with Gasteiger partial charge in [0.1, 0.15) is 6.04 Å². The Balaban J connectivity index is 2.06. The van der Waals surface area contributed by atoms with Crippen LogP contribution in [-0.2, 0) is 19.1 Å². The molecule has 4 unspecified atom stereocenters. The quantitative estimate of drug-likeness (QED) is 0.126. The third-order valence-corrected chi connectivity index (χ3v) is 11.4. The topological polar surface area (TPSA) is 87.2 Å². The molecule has 0 saturated carbocycles. The fraction of sp³-hybridized carbons (Fsp3) is 0.759. The number of ether oxygens (including phenoxy) is 1. The maximum Gasteiger partial charge on any atom is 0.310 e. The number of esters is 1. The molecule has 0 aromatic rings. The molecule has 3 saturated heterocycles. The van der Waals surface area contributed by atoms with Gasteiger partial charge >= 0.3 is 5.97 Å². The molecule has 214 valence electrons. The fourth-order valence-corrected chi connectivity index (χ4v) is 10.3. The van der Waals surface area contributed by atoms with Crippen LogP contribution in [0, 0.1) is 17.8 Å². The predicted molar refractivity (Wildman–Crippen MR) is 156 cm³/mol. The lowest BCUT2D eigenvalue weighted by atomic mass is 9.71. The molecule has 3 aliphatic heterocycles. The number of carbonyl (C=O) groups is 3. The smallest absolute Gasteiger partial charge is 0.310 e. The van der Waals surface area contributed by atoms with Gasteiger partial charge in [0.05, 0.1) is 35.8 Å². The number of carbonyl (C=O) groups excluding carboxylic acids is 3. The molecule has 0 aromatic carbocycles. The summed E-state index contributed by atoms with van der Waals surface area (Å²) in [5.74, 6) is -1.75. The van der Waals surface area contributed by atoms with E-state index in [1.807, 2.05) is 25.7 Å². The largest absolute Gasteiger partial charge is 0.465 e. The van der Waals surface area contributed by atoms with Crippen molar-refractivity contribution in [2.45, 2.75) is 99.2 Å². The molecule has 3 aliphatic rings. The van der Waals surface area contributed by atoms with Crippen molar-refractivity contribution in [3.8, 4) is 0 Å². The molecule has 38 heavy (non-hydrogen) atoms. The molecule has 9 heteroatoms. The van der Waals surface area contributed by atoms with Gasteiger partial charge in [-0.05, 0) is 44.9 Å². The van der Waals surface area contributed by atoms with Gasteiger partial charge in [0, 0.05) is 22.7 Å². The summed E-state index contributed by atoms with van der Waals surface area (Å²) in [6.45, 7) is 16.2. The van der Waals surface area contributed by atoms with Crippen molar-refractivity contribution in [2.75, 3.05) is 19.8 Å². The fourth-order valence-electron chi connectivity index (χ4n) is 6.68. The van der Waals surface area contributed by atoms with E-state index in [0.717, 1.165) is 19.3 Å². The molecule has 0 aromatic heterocycles. The standard InChI is InChI=1S/C29H45BrN2O5S/c1-7-10-11-14-37-28(36)22-23-26(34)32(20(17-33)15-18(4)5)25(29(23)16-21(30)24(22)38-29)27(35)31(13-9-3)19(6)12-8-2/h7,9,18-25,33H,1,3,8,10-17H2,2,4-6H3/t19?,20-,21?,22-,23+,24-,25?,29?/m1/s1. The molecule has 2 amide bonds. The number of halogens is 1. The highest BCUT2D eigenvalue weighted by Gasteiger charge is 2.76. The van der Waals surface area contributed by atoms with E-state index >= 15 is 0 Å². The SMILES string of the molecule is C=CCCCOC(=O)[C@H]1[C@@H]2SC3(CC2Br)C(C(=O)N(CC=C)C(C)CCC)N([C@@H](CO)CC(C)C)C(=O)[C@H]13. The first kappa shape index (κ1) is 31.2. The highest BCUT2D eigenvalue weighted by atomic mass is 79.9. The molecule has 3 heterocycles. The summed E-state index contributed by atoms with van der Waals surface area (Å²) in [4.78, 5) is 45.8. The number of hydrogen-bond donors (Lipinski definition) is 1. The second kappa shape index (κ2) is 13.4. The van der Waals surface area contributed by atoms with Gasteiger partial charge in [0.2, 0.25) is 11.8 Å². The molecule has 3 fully saturated rings. The van der Waals surface area contributed by atoms with Gasteiger partial charge in [-0.3, -0.25) is 14.4 Å². The van der Waals surface area contributed by atoms with Crippen molar-refractivity contribution < 1.29 is 24.2 Å². The number of nitrogens with zero attached hydrogens (tertiary/aromatic N) is 2. The summed E-state index contributed by atoms with van der Waals surface area (Å²) >= 11 is 5.41. The Hall–Kier alpha value is -1.32. The first-order valence-electron chi connectivity index (χ1n) is 14.0. The molecular formula is C29H45BrN2O5S. The average Bonchev–Trinajstić information content (AvgIpc) is 3.46. The van der Waals surface area contributed by atoms with Crippen LogP contribution < -0.4 is 0 Å². The van der Waals surface area contributed by atoms with Gasteiger partial charge < -0.3 is 19.6 Å². The molecular weight excluding hydrogens is 568 g/mol. The van der Waals surface area contributed by atoms with E-state index < -0.39 is 28.7 Å². The van der Waals surface area contributed by atoms with Crippen molar-refractivity contribution in [3.63, 3.8) is 0 Å². The number of allylic oxidation sites excluding steroid dienone is 1. The van der Waals surface area contributed by atoms with Crippen LogP contribution in [0.5, 0.6) is 0 Å². The minimum absolute atomic E-state index is 0.0175. The van der Waals surface area contributed by atoms with Gasteiger partial charge in [0.25, 0.3) is 0 Å². The Kier molecular flexibility index (Phi) is 11.0. The number of amides is 2. The van der Waals surface area contributed by atoms with Crippen LogP contribution in [0.3, 0.4) is 0 Å². The van der Waals surface area contributed by atoms with Gasteiger partial charge in [-0.1, -0.05) is 55.3 Å². The minimum atomic E-state index is -0.760. The Labute approximate surface area is 240 Å². The molecule has 7 nitrogen and oxygen atoms in total. The number of aliphatic hydroxyl groups is 1. The normalized spacial score (nSPS) is 31.3. The highest BCUT2D eigenvalue weighted by Crippen LogP contribution is 2.68. The minimum Gasteiger partial charge on any atom is -0.465 e. The second-order valence-electron chi connectivity index (χ2n) is 11.4. The lowest BCUT2D eigenvalue weighted by Crippen LogP contribution is -2.59. The van der Waals surface area contributed by atoms with E-state index in [9.17, 15) is 19.5 Å². The number of aliphatic hydroxyl groups excluding tert-OH is 1.